The largest absolute Gasteiger partial charge is 0.503 e. The number of hydrogen-bond acceptors (Lipinski definition) is 4. The number of aryl methyl sites for hydroxylation is 2. The number of aromatic hydroxyl groups is 1. The predicted molar refractivity (Wildman–Crippen MR) is 95.3 cm³/mol. The molecule has 1 aliphatic heterocycles. The van der Waals surface area contributed by atoms with Gasteiger partial charge in [-0.15, -0.1) is 0 Å². The van der Waals surface area contributed by atoms with E-state index in [2.05, 4.69) is 29.0 Å². The van der Waals surface area contributed by atoms with Gasteiger partial charge in [-0.1, -0.05) is 30.3 Å². The first kappa shape index (κ1) is 16.7. The van der Waals surface area contributed by atoms with E-state index in [1.54, 1.807) is 12.3 Å². The fourth-order valence-corrected chi connectivity index (χ4v) is 3.08. The normalized spacial score (nSPS) is 16.4. The summed E-state index contributed by atoms with van der Waals surface area (Å²) in [7, 11) is 2.13. The Morgan fingerprint density at radius 3 is 2.50 bits per heavy atom. The monoisotopic (exact) mass is 327 g/mol. The summed E-state index contributed by atoms with van der Waals surface area (Å²) in [6.07, 6.45) is 2.45. The van der Waals surface area contributed by atoms with Gasteiger partial charge in [-0.3, -0.25) is 9.69 Å². The Labute approximate surface area is 142 Å². The Hall–Kier alpha value is -2.11. The molecule has 0 unspecified atom stereocenters. The molecule has 0 atom stereocenters. The van der Waals surface area contributed by atoms with Crippen molar-refractivity contribution >= 4 is 0 Å². The standard InChI is InChI=1S/C19H25N3O2/c1-20-9-11-21(12-10-20)14-17-13-18(23)19(24)15-22(17)8-7-16-5-3-2-4-6-16/h2-6,13,15,24H,7-12,14H2,1H3. The molecule has 128 valence electrons. The number of nitrogens with zero attached hydrogens (tertiary/aromatic N) is 3. The van der Waals surface area contributed by atoms with Crippen molar-refractivity contribution < 1.29 is 5.11 Å². The summed E-state index contributed by atoms with van der Waals surface area (Å²) in [5.74, 6) is -0.176. The average molecular weight is 327 g/mol. The zero-order valence-electron chi connectivity index (χ0n) is 14.2. The molecule has 0 radical (unpaired) electrons. The van der Waals surface area contributed by atoms with Crippen LogP contribution < -0.4 is 5.43 Å². The fourth-order valence-electron chi connectivity index (χ4n) is 3.08. The molecule has 1 saturated heterocycles. The Bertz CT molecular complexity index is 719. The SMILES string of the molecule is CN1CCN(Cc2cc(=O)c(O)cn2CCc2ccccc2)CC1. The molecule has 1 aromatic heterocycles. The molecular formula is C19H25N3O2. The number of aromatic nitrogens is 1. The van der Waals surface area contributed by atoms with Gasteiger partial charge in [0.1, 0.15) is 0 Å². The molecule has 0 aliphatic carbocycles. The van der Waals surface area contributed by atoms with Crippen LogP contribution in [0, 0.1) is 0 Å². The zero-order chi connectivity index (χ0) is 16.9. The van der Waals surface area contributed by atoms with Gasteiger partial charge in [0.15, 0.2) is 5.75 Å². The summed E-state index contributed by atoms with van der Waals surface area (Å²) in [5, 5.41) is 9.81. The molecule has 1 N–H and O–H groups in total. The van der Waals surface area contributed by atoms with Crippen molar-refractivity contribution in [1.82, 2.24) is 14.4 Å². The van der Waals surface area contributed by atoms with Crippen molar-refractivity contribution in [2.45, 2.75) is 19.5 Å². The van der Waals surface area contributed by atoms with E-state index in [0.29, 0.717) is 0 Å². The van der Waals surface area contributed by atoms with Gasteiger partial charge in [0.2, 0.25) is 5.43 Å². The highest BCUT2D eigenvalue weighted by Gasteiger charge is 2.16. The first-order valence-electron chi connectivity index (χ1n) is 8.49. The molecule has 1 aliphatic rings. The molecule has 2 heterocycles. The molecular weight excluding hydrogens is 302 g/mol. The molecule has 3 rings (SSSR count). The van der Waals surface area contributed by atoms with E-state index < -0.39 is 0 Å². The van der Waals surface area contributed by atoms with E-state index in [4.69, 9.17) is 0 Å². The lowest BCUT2D eigenvalue weighted by molar-refractivity contribution is 0.145. The number of likely N-dealkylation sites (N-methyl/N-ethyl adjacent to an activating group) is 1. The van der Waals surface area contributed by atoms with E-state index in [0.717, 1.165) is 51.4 Å². The molecule has 2 aromatic rings. The fraction of sp³-hybridized carbons (Fsp3) is 0.421. The minimum atomic E-state index is -0.296. The average Bonchev–Trinajstić information content (AvgIpc) is 2.59. The van der Waals surface area contributed by atoms with Gasteiger partial charge in [0.25, 0.3) is 0 Å². The lowest BCUT2D eigenvalue weighted by Crippen LogP contribution is -2.44. The first-order valence-corrected chi connectivity index (χ1v) is 8.49. The van der Waals surface area contributed by atoms with Crippen LogP contribution in [0.5, 0.6) is 5.75 Å². The third kappa shape index (κ3) is 4.24. The van der Waals surface area contributed by atoms with Gasteiger partial charge in [-0.25, -0.2) is 0 Å². The molecule has 0 saturated carbocycles. The van der Waals surface area contributed by atoms with Crippen LogP contribution in [0.1, 0.15) is 11.3 Å². The Morgan fingerprint density at radius 2 is 1.79 bits per heavy atom. The van der Waals surface area contributed by atoms with E-state index in [1.165, 1.54) is 5.56 Å². The van der Waals surface area contributed by atoms with Crippen LogP contribution in [0.25, 0.3) is 0 Å². The van der Waals surface area contributed by atoms with Crippen molar-refractivity contribution in [3.05, 3.63) is 64.1 Å². The van der Waals surface area contributed by atoms with Crippen LogP contribution in [0.4, 0.5) is 0 Å². The summed E-state index contributed by atoms with van der Waals surface area (Å²) < 4.78 is 2.02. The molecule has 24 heavy (non-hydrogen) atoms. The van der Waals surface area contributed by atoms with Gasteiger partial charge in [0.05, 0.1) is 6.20 Å². The molecule has 0 spiro atoms. The van der Waals surface area contributed by atoms with Crippen LogP contribution in [0.3, 0.4) is 0 Å². The van der Waals surface area contributed by atoms with Crippen molar-refractivity contribution in [2.24, 2.45) is 0 Å². The molecule has 5 nitrogen and oxygen atoms in total. The Morgan fingerprint density at radius 1 is 1.08 bits per heavy atom. The summed E-state index contributed by atoms with van der Waals surface area (Å²) in [6.45, 7) is 5.60. The highest BCUT2D eigenvalue weighted by Crippen LogP contribution is 2.12. The number of benzene rings is 1. The van der Waals surface area contributed by atoms with E-state index in [9.17, 15) is 9.90 Å². The van der Waals surface area contributed by atoms with Crippen LogP contribution in [0.2, 0.25) is 0 Å². The second kappa shape index (κ2) is 7.64. The number of pyridine rings is 1. The van der Waals surface area contributed by atoms with Crippen LogP contribution >= 0.6 is 0 Å². The summed E-state index contributed by atoms with van der Waals surface area (Å²) in [5.41, 5.74) is 1.93. The van der Waals surface area contributed by atoms with Crippen LogP contribution in [-0.2, 0) is 19.5 Å². The topological polar surface area (TPSA) is 48.7 Å². The van der Waals surface area contributed by atoms with Gasteiger partial charge >= 0.3 is 0 Å². The predicted octanol–water partition coefficient (Wildman–Crippen LogP) is 1.54. The maximum atomic E-state index is 11.9. The minimum absolute atomic E-state index is 0.176. The maximum absolute atomic E-state index is 11.9. The smallest absolute Gasteiger partial charge is 0.223 e. The first-order chi connectivity index (χ1) is 11.6. The molecule has 1 aromatic carbocycles. The third-order valence-corrected chi connectivity index (χ3v) is 4.66. The second-order valence-electron chi connectivity index (χ2n) is 6.52. The maximum Gasteiger partial charge on any atom is 0.223 e. The third-order valence-electron chi connectivity index (χ3n) is 4.66. The van der Waals surface area contributed by atoms with Gasteiger partial charge < -0.3 is 14.6 Å². The summed E-state index contributed by atoms with van der Waals surface area (Å²) in [6, 6.07) is 11.9. The van der Waals surface area contributed by atoms with Gasteiger partial charge in [-0.05, 0) is 19.0 Å². The van der Waals surface area contributed by atoms with Crippen molar-refractivity contribution in [3.63, 3.8) is 0 Å². The van der Waals surface area contributed by atoms with Crippen LogP contribution in [0.15, 0.2) is 47.4 Å². The highest BCUT2D eigenvalue weighted by molar-refractivity contribution is 5.21. The quantitative estimate of drug-likeness (QED) is 0.905. The lowest BCUT2D eigenvalue weighted by Gasteiger charge is -2.32. The van der Waals surface area contributed by atoms with Crippen LogP contribution in [-0.4, -0.2) is 52.7 Å². The van der Waals surface area contributed by atoms with Gasteiger partial charge in [-0.2, -0.15) is 0 Å². The van der Waals surface area contributed by atoms with E-state index >= 15 is 0 Å². The lowest BCUT2D eigenvalue weighted by atomic mass is 10.1. The van der Waals surface area contributed by atoms with E-state index in [-0.39, 0.29) is 11.2 Å². The van der Waals surface area contributed by atoms with Gasteiger partial charge in [0, 0.05) is 51.0 Å². The van der Waals surface area contributed by atoms with E-state index in [1.807, 2.05) is 22.8 Å². The minimum Gasteiger partial charge on any atom is -0.503 e. The van der Waals surface area contributed by atoms with Crippen molar-refractivity contribution in [1.29, 1.82) is 0 Å². The molecule has 0 bridgehead atoms. The summed E-state index contributed by atoms with van der Waals surface area (Å²) in [4.78, 5) is 16.6. The highest BCUT2D eigenvalue weighted by atomic mass is 16.3. The van der Waals surface area contributed by atoms with Crippen molar-refractivity contribution in [3.8, 4) is 5.75 Å². The molecule has 0 amide bonds. The zero-order valence-corrected chi connectivity index (χ0v) is 14.2. The second-order valence-corrected chi connectivity index (χ2v) is 6.52. The number of piperazine rings is 1. The Kier molecular flexibility index (Phi) is 5.33. The Balaban J connectivity index is 1.74. The van der Waals surface area contributed by atoms with Crippen molar-refractivity contribution in [2.75, 3.05) is 33.2 Å². The number of rotatable bonds is 5. The molecule has 5 heteroatoms. The number of hydrogen-bond donors (Lipinski definition) is 1. The molecule has 1 fully saturated rings. The summed E-state index contributed by atoms with van der Waals surface area (Å²) >= 11 is 0.